The number of hydrogen-bond donors (Lipinski definition) is 2. The fourth-order valence-electron chi connectivity index (χ4n) is 1.80. The summed E-state index contributed by atoms with van der Waals surface area (Å²) in [4.78, 5) is 1.34. The van der Waals surface area contributed by atoms with Gasteiger partial charge in [-0.3, -0.25) is 0 Å². The summed E-state index contributed by atoms with van der Waals surface area (Å²) in [6.07, 6.45) is 0. The monoisotopic (exact) mass is 452 g/mol. The normalized spacial score (nSPS) is 13.3. The molecule has 0 radical (unpaired) electrons. The molecular formula is C13H14Br2N2O2S2. The highest BCUT2D eigenvalue weighted by molar-refractivity contribution is 9.13. The van der Waals surface area contributed by atoms with Crippen molar-refractivity contribution in [3.8, 4) is 0 Å². The predicted molar refractivity (Wildman–Crippen MR) is 92.8 cm³/mol. The van der Waals surface area contributed by atoms with Gasteiger partial charge in [-0.05, 0) is 62.5 Å². The van der Waals surface area contributed by atoms with Crippen LogP contribution >= 0.6 is 43.2 Å². The number of hydrogen-bond acceptors (Lipinski definition) is 4. The predicted octanol–water partition coefficient (Wildman–Crippen LogP) is 3.77. The Morgan fingerprint density at radius 2 is 1.90 bits per heavy atom. The molecule has 1 aromatic heterocycles. The Balaban J connectivity index is 2.01. The first-order chi connectivity index (χ1) is 9.77. The summed E-state index contributed by atoms with van der Waals surface area (Å²) in [5.74, 6) is 0. The fourth-order valence-corrected chi connectivity index (χ4v) is 4.44. The molecule has 0 aliphatic heterocycles. The van der Waals surface area contributed by atoms with Crippen molar-refractivity contribution in [3.05, 3.63) is 49.0 Å². The number of sulfonamides is 1. The molecule has 3 N–H and O–H groups in total. The SMILES string of the molecule is CC(NCc1cc(Br)c(Br)s1)c1ccc(S(N)(=O)=O)cc1. The summed E-state index contributed by atoms with van der Waals surface area (Å²) in [5.41, 5.74) is 1.01. The lowest BCUT2D eigenvalue weighted by Gasteiger charge is -2.14. The van der Waals surface area contributed by atoms with Crippen molar-refractivity contribution in [3.63, 3.8) is 0 Å². The Kier molecular flexibility index (Phi) is 5.61. The van der Waals surface area contributed by atoms with E-state index in [9.17, 15) is 8.42 Å². The van der Waals surface area contributed by atoms with Crippen LogP contribution in [-0.2, 0) is 16.6 Å². The zero-order valence-corrected chi connectivity index (χ0v) is 15.9. The third-order valence-corrected chi connectivity index (χ3v) is 7.17. The average molecular weight is 454 g/mol. The maximum atomic E-state index is 11.2. The summed E-state index contributed by atoms with van der Waals surface area (Å²) in [5, 5.41) is 8.49. The second-order valence-electron chi connectivity index (χ2n) is 4.55. The van der Waals surface area contributed by atoms with Gasteiger partial charge in [0.05, 0.1) is 8.68 Å². The fraction of sp³-hybridized carbons (Fsp3) is 0.231. The lowest BCUT2D eigenvalue weighted by Crippen LogP contribution is -2.18. The van der Waals surface area contributed by atoms with Crippen LogP contribution in [0.4, 0.5) is 0 Å². The average Bonchev–Trinajstić information content (AvgIpc) is 2.74. The molecule has 0 saturated carbocycles. The van der Waals surface area contributed by atoms with E-state index in [0.29, 0.717) is 0 Å². The van der Waals surface area contributed by atoms with Gasteiger partial charge in [0, 0.05) is 21.9 Å². The minimum atomic E-state index is -3.63. The summed E-state index contributed by atoms with van der Waals surface area (Å²) in [6.45, 7) is 2.77. The van der Waals surface area contributed by atoms with Gasteiger partial charge in [-0.15, -0.1) is 11.3 Å². The molecule has 114 valence electrons. The second-order valence-corrected chi connectivity index (χ2v) is 9.42. The molecule has 0 saturated heterocycles. The number of primary sulfonamides is 1. The zero-order valence-electron chi connectivity index (χ0n) is 11.1. The molecule has 21 heavy (non-hydrogen) atoms. The Bertz CT molecular complexity index is 708. The van der Waals surface area contributed by atoms with Gasteiger partial charge < -0.3 is 5.32 Å². The largest absolute Gasteiger partial charge is 0.305 e. The number of rotatable bonds is 5. The van der Waals surface area contributed by atoms with Crippen LogP contribution < -0.4 is 10.5 Å². The van der Waals surface area contributed by atoms with E-state index in [0.717, 1.165) is 20.4 Å². The van der Waals surface area contributed by atoms with Crippen molar-refractivity contribution in [2.75, 3.05) is 0 Å². The third kappa shape index (κ3) is 4.61. The van der Waals surface area contributed by atoms with Crippen LogP contribution in [0.25, 0.3) is 0 Å². The highest BCUT2D eigenvalue weighted by Crippen LogP contribution is 2.32. The number of benzene rings is 1. The first-order valence-electron chi connectivity index (χ1n) is 6.07. The quantitative estimate of drug-likeness (QED) is 0.723. The summed E-state index contributed by atoms with van der Waals surface area (Å²) in [6, 6.07) is 8.79. The van der Waals surface area contributed by atoms with E-state index in [1.165, 1.54) is 17.0 Å². The summed E-state index contributed by atoms with van der Waals surface area (Å²) >= 11 is 8.60. The van der Waals surface area contributed by atoms with Gasteiger partial charge in [-0.25, -0.2) is 13.6 Å². The highest BCUT2D eigenvalue weighted by atomic mass is 79.9. The molecule has 0 aliphatic carbocycles. The Morgan fingerprint density at radius 1 is 1.29 bits per heavy atom. The Morgan fingerprint density at radius 3 is 2.38 bits per heavy atom. The van der Waals surface area contributed by atoms with Crippen LogP contribution in [-0.4, -0.2) is 8.42 Å². The van der Waals surface area contributed by atoms with Crippen molar-refractivity contribution in [2.45, 2.75) is 24.4 Å². The van der Waals surface area contributed by atoms with Crippen LogP contribution in [0.15, 0.2) is 43.5 Å². The standard InChI is InChI=1S/C13H14Br2N2O2S2/c1-8(17-7-10-6-12(14)13(15)20-10)9-2-4-11(5-3-9)21(16,18)19/h2-6,8,17H,7H2,1H3,(H2,16,18,19). The maximum Gasteiger partial charge on any atom is 0.238 e. The molecule has 0 aliphatic rings. The molecule has 2 aromatic rings. The molecule has 1 aromatic carbocycles. The molecule has 1 unspecified atom stereocenters. The van der Waals surface area contributed by atoms with Gasteiger partial charge in [0.1, 0.15) is 0 Å². The van der Waals surface area contributed by atoms with Crippen LogP contribution in [0, 0.1) is 0 Å². The summed E-state index contributed by atoms with van der Waals surface area (Å²) < 4.78 is 24.6. The van der Waals surface area contributed by atoms with Crippen molar-refractivity contribution in [2.24, 2.45) is 5.14 Å². The molecule has 0 fully saturated rings. The highest BCUT2D eigenvalue weighted by Gasteiger charge is 2.10. The van der Waals surface area contributed by atoms with Gasteiger partial charge in [0.2, 0.25) is 10.0 Å². The number of nitrogens with one attached hydrogen (secondary N) is 1. The van der Waals surface area contributed by atoms with Crippen LogP contribution in [0.3, 0.4) is 0 Å². The van der Waals surface area contributed by atoms with Crippen molar-refractivity contribution in [1.82, 2.24) is 5.32 Å². The van der Waals surface area contributed by atoms with E-state index < -0.39 is 10.0 Å². The maximum absolute atomic E-state index is 11.2. The van der Waals surface area contributed by atoms with Crippen LogP contribution in [0.5, 0.6) is 0 Å². The van der Waals surface area contributed by atoms with E-state index >= 15 is 0 Å². The number of halogens is 2. The third-order valence-electron chi connectivity index (χ3n) is 2.99. The minimum Gasteiger partial charge on any atom is -0.305 e. The van der Waals surface area contributed by atoms with Crippen molar-refractivity contribution in [1.29, 1.82) is 0 Å². The molecule has 1 heterocycles. The number of nitrogens with two attached hydrogens (primary N) is 1. The van der Waals surface area contributed by atoms with E-state index in [2.05, 4.69) is 43.2 Å². The Labute approximate surface area is 145 Å². The van der Waals surface area contributed by atoms with E-state index in [4.69, 9.17) is 5.14 Å². The first-order valence-corrected chi connectivity index (χ1v) is 10.0. The van der Waals surface area contributed by atoms with E-state index in [1.54, 1.807) is 23.5 Å². The number of thiophene rings is 1. The smallest absolute Gasteiger partial charge is 0.238 e. The van der Waals surface area contributed by atoms with Gasteiger partial charge in [0.25, 0.3) is 0 Å². The van der Waals surface area contributed by atoms with Crippen LogP contribution in [0.2, 0.25) is 0 Å². The van der Waals surface area contributed by atoms with E-state index in [-0.39, 0.29) is 10.9 Å². The molecule has 0 spiro atoms. The molecular weight excluding hydrogens is 440 g/mol. The molecule has 1 atom stereocenters. The topological polar surface area (TPSA) is 72.2 Å². The molecule has 8 heteroatoms. The van der Waals surface area contributed by atoms with Crippen molar-refractivity contribution < 1.29 is 8.42 Å². The van der Waals surface area contributed by atoms with Crippen LogP contribution in [0.1, 0.15) is 23.4 Å². The molecule has 0 bridgehead atoms. The molecule has 2 rings (SSSR count). The van der Waals surface area contributed by atoms with Gasteiger partial charge in [-0.1, -0.05) is 12.1 Å². The van der Waals surface area contributed by atoms with Gasteiger partial charge >= 0.3 is 0 Å². The Hall–Kier alpha value is -0.250. The van der Waals surface area contributed by atoms with Gasteiger partial charge in [0.15, 0.2) is 0 Å². The second kappa shape index (κ2) is 6.89. The van der Waals surface area contributed by atoms with E-state index in [1.807, 2.05) is 6.92 Å². The zero-order chi connectivity index (χ0) is 15.6. The first kappa shape index (κ1) is 17.1. The van der Waals surface area contributed by atoms with Crippen molar-refractivity contribution >= 4 is 53.2 Å². The lowest BCUT2D eigenvalue weighted by molar-refractivity contribution is 0.577. The molecule has 4 nitrogen and oxygen atoms in total. The van der Waals surface area contributed by atoms with Gasteiger partial charge in [-0.2, -0.15) is 0 Å². The molecule has 0 amide bonds. The minimum absolute atomic E-state index is 0.110. The lowest BCUT2D eigenvalue weighted by atomic mass is 10.1. The summed E-state index contributed by atoms with van der Waals surface area (Å²) in [7, 11) is -3.63.